The predicted molar refractivity (Wildman–Crippen MR) is 47.8 cm³/mol. The molecule has 4 nitrogen and oxygen atoms in total. The molecule has 2 aromatic rings. The van der Waals surface area contributed by atoms with Crippen LogP contribution in [0, 0.1) is 12.7 Å². The van der Waals surface area contributed by atoms with Crippen LogP contribution in [0.4, 0.5) is 4.39 Å². The van der Waals surface area contributed by atoms with E-state index in [-0.39, 0.29) is 5.82 Å². The van der Waals surface area contributed by atoms with Crippen LogP contribution in [-0.4, -0.2) is 20.4 Å². The van der Waals surface area contributed by atoms with Crippen LogP contribution in [0.3, 0.4) is 0 Å². The largest absolute Gasteiger partial charge is 0.207 e. The summed E-state index contributed by atoms with van der Waals surface area (Å²) in [5.41, 5.74) is 1.51. The maximum absolute atomic E-state index is 12.9. The molecule has 0 aliphatic rings. The molecular weight excluding hydrogens is 182 g/mol. The molecule has 0 saturated carbocycles. The van der Waals surface area contributed by atoms with Gasteiger partial charge in [-0.05, 0) is 24.6 Å². The van der Waals surface area contributed by atoms with Gasteiger partial charge in [0.2, 0.25) is 5.82 Å². The molecular formula is C9H7FN4. The zero-order valence-corrected chi connectivity index (χ0v) is 7.48. The van der Waals surface area contributed by atoms with Crippen LogP contribution >= 0.6 is 0 Å². The summed E-state index contributed by atoms with van der Waals surface area (Å²) < 4.78 is 12.9. The summed E-state index contributed by atoms with van der Waals surface area (Å²) in [7, 11) is 0. The van der Waals surface area contributed by atoms with Crippen molar-refractivity contribution in [2.75, 3.05) is 0 Å². The maximum atomic E-state index is 12.9. The molecule has 0 unspecified atom stereocenters. The fourth-order valence-corrected chi connectivity index (χ4v) is 1.15. The highest BCUT2D eigenvalue weighted by Crippen LogP contribution is 2.18. The van der Waals surface area contributed by atoms with Gasteiger partial charge in [-0.15, -0.1) is 20.4 Å². The van der Waals surface area contributed by atoms with Gasteiger partial charge >= 0.3 is 0 Å². The van der Waals surface area contributed by atoms with Crippen molar-refractivity contribution in [1.29, 1.82) is 0 Å². The van der Waals surface area contributed by atoms with Crippen molar-refractivity contribution in [3.8, 4) is 11.4 Å². The van der Waals surface area contributed by atoms with Crippen molar-refractivity contribution in [2.24, 2.45) is 0 Å². The first-order chi connectivity index (χ1) is 6.77. The Balaban J connectivity index is 2.57. The van der Waals surface area contributed by atoms with Crippen molar-refractivity contribution in [2.45, 2.75) is 6.92 Å². The highest BCUT2D eigenvalue weighted by atomic mass is 18.2. The molecule has 0 saturated heterocycles. The molecule has 0 radical (unpaired) electrons. The summed E-state index contributed by atoms with van der Waals surface area (Å²) in [6.07, 6.45) is 1.23. The highest BCUT2D eigenvalue weighted by Gasteiger charge is 2.06. The zero-order valence-electron chi connectivity index (χ0n) is 7.48. The molecule has 0 spiro atoms. The second-order valence-corrected chi connectivity index (χ2v) is 2.83. The van der Waals surface area contributed by atoms with E-state index < -0.39 is 0 Å². The van der Waals surface area contributed by atoms with E-state index in [1.807, 2.05) is 6.92 Å². The number of nitrogens with zero attached hydrogens (tertiary/aromatic N) is 4. The van der Waals surface area contributed by atoms with Gasteiger partial charge in [0, 0.05) is 5.56 Å². The Labute approximate surface area is 79.8 Å². The minimum atomic E-state index is -0.321. The van der Waals surface area contributed by atoms with Crippen LogP contribution in [0.1, 0.15) is 5.56 Å². The van der Waals surface area contributed by atoms with E-state index in [2.05, 4.69) is 20.4 Å². The van der Waals surface area contributed by atoms with Gasteiger partial charge in [0.25, 0.3) is 0 Å². The number of benzene rings is 1. The third-order valence-electron chi connectivity index (χ3n) is 1.85. The third kappa shape index (κ3) is 1.56. The van der Waals surface area contributed by atoms with Gasteiger partial charge in [0.1, 0.15) is 5.82 Å². The molecule has 0 aliphatic heterocycles. The molecule has 1 aromatic carbocycles. The Morgan fingerprint density at radius 2 is 1.86 bits per heavy atom. The van der Waals surface area contributed by atoms with Gasteiger partial charge < -0.3 is 0 Å². The lowest BCUT2D eigenvalue weighted by Gasteiger charge is -2.01. The number of hydrogen-bond acceptors (Lipinski definition) is 4. The second kappa shape index (κ2) is 3.45. The van der Waals surface area contributed by atoms with E-state index in [1.54, 1.807) is 6.07 Å². The first-order valence-corrected chi connectivity index (χ1v) is 4.04. The number of hydrogen-bond donors (Lipinski definition) is 0. The first kappa shape index (κ1) is 8.68. The van der Waals surface area contributed by atoms with Crippen molar-refractivity contribution in [1.82, 2.24) is 20.4 Å². The highest BCUT2D eigenvalue weighted by molar-refractivity contribution is 5.58. The van der Waals surface area contributed by atoms with Gasteiger partial charge in [-0.3, -0.25) is 0 Å². The number of halogens is 1. The fraction of sp³-hybridized carbons (Fsp3) is 0.111. The molecule has 0 amide bonds. The molecule has 1 heterocycles. The smallest absolute Gasteiger partial charge is 0.203 e. The lowest BCUT2D eigenvalue weighted by atomic mass is 10.1. The lowest BCUT2D eigenvalue weighted by molar-refractivity contribution is 0.627. The molecule has 1 aromatic heterocycles. The van der Waals surface area contributed by atoms with E-state index in [9.17, 15) is 4.39 Å². The average molecular weight is 189 g/mol. The third-order valence-corrected chi connectivity index (χ3v) is 1.85. The number of aromatic nitrogens is 4. The van der Waals surface area contributed by atoms with Gasteiger partial charge in [0.05, 0.1) is 0 Å². The molecule has 2 rings (SSSR count). The van der Waals surface area contributed by atoms with E-state index in [1.165, 1.54) is 18.5 Å². The van der Waals surface area contributed by atoms with Crippen LogP contribution in [0.5, 0.6) is 0 Å². The van der Waals surface area contributed by atoms with Crippen molar-refractivity contribution >= 4 is 0 Å². The summed E-state index contributed by atoms with van der Waals surface area (Å²) in [5, 5.41) is 14.7. The first-order valence-electron chi connectivity index (χ1n) is 4.04. The Morgan fingerprint density at radius 3 is 2.57 bits per heavy atom. The average Bonchev–Trinajstić information content (AvgIpc) is 2.23. The van der Waals surface area contributed by atoms with Crippen LogP contribution in [0.2, 0.25) is 0 Å². The topological polar surface area (TPSA) is 51.6 Å². The molecule has 14 heavy (non-hydrogen) atoms. The van der Waals surface area contributed by atoms with E-state index in [0.29, 0.717) is 11.4 Å². The van der Waals surface area contributed by atoms with Crippen molar-refractivity contribution in [3.63, 3.8) is 0 Å². The van der Waals surface area contributed by atoms with Crippen LogP contribution in [-0.2, 0) is 0 Å². The van der Waals surface area contributed by atoms with Gasteiger partial charge in [-0.2, -0.15) is 0 Å². The minimum absolute atomic E-state index is 0.321. The van der Waals surface area contributed by atoms with Crippen LogP contribution in [0.25, 0.3) is 11.4 Å². The molecule has 0 fully saturated rings. The van der Waals surface area contributed by atoms with Crippen molar-refractivity contribution in [3.05, 3.63) is 35.9 Å². The van der Waals surface area contributed by atoms with Crippen LogP contribution in [0.15, 0.2) is 24.5 Å². The fourth-order valence-electron chi connectivity index (χ4n) is 1.15. The Kier molecular flexibility index (Phi) is 2.14. The quantitative estimate of drug-likeness (QED) is 0.680. The van der Waals surface area contributed by atoms with E-state index >= 15 is 0 Å². The monoisotopic (exact) mass is 189 g/mol. The summed E-state index contributed by atoms with van der Waals surface area (Å²) in [4.78, 5) is 0. The number of aryl methyl sites for hydroxylation is 1. The summed E-state index contributed by atoms with van der Waals surface area (Å²) >= 11 is 0. The van der Waals surface area contributed by atoms with Gasteiger partial charge in [-0.25, -0.2) is 4.39 Å². The second-order valence-electron chi connectivity index (χ2n) is 2.83. The van der Waals surface area contributed by atoms with Crippen molar-refractivity contribution < 1.29 is 4.39 Å². The molecule has 5 heteroatoms. The molecule has 0 aliphatic carbocycles. The van der Waals surface area contributed by atoms with Gasteiger partial charge in [-0.1, -0.05) is 6.07 Å². The Morgan fingerprint density at radius 1 is 1.14 bits per heavy atom. The molecule has 0 atom stereocenters. The van der Waals surface area contributed by atoms with E-state index in [0.717, 1.165) is 5.56 Å². The molecule has 70 valence electrons. The molecule has 0 N–H and O–H groups in total. The number of rotatable bonds is 1. The SMILES string of the molecule is Cc1ccc([18F])cc1-c1nncnn1. The van der Waals surface area contributed by atoms with Gasteiger partial charge in [0.15, 0.2) is 6.33 Å². The summed E-state index contributed by atoms with van der Waals surface area (Å²) in [6.45, 7) is 1.85. The maximum Gasteiger partial charge on any atom is 0.203 e. The summed E-state index contributed by atoms with van der Waals surface area (Å²) in [5.74, 6) is 0.0163. The lowest BCUT2D eigenvalue weighted by Crippen LogP contribution is -1.96. The van der Waals surface area contributed by atoms with Crippen LogP contribution < -0.4 is 0 Å². The predicted octanol–water partition coefficient (Wildman–Crippen LogP) is 1.38. The van der Waals surface area contributed by atoms with E-state index in [4.69, 9.17) is 0 Å². The zero-order chi connectivity index (χ0) is 9.97. The minimum Gasteiger partial charge on any atom is -0.207 e. The Hall–Kier alpha value is -1.91. The Bertz CT molecular complexity index is 444. The molecule has 0 bridgehead atoms. The normalized spacial score (nSPS) is 10.1. The summed E-state index contributed by atoms with van der Waals surface area (Å²) in [6, 6.07) is 4.43. The standard InChI is InChI=1S/C9H7FN4/c1-6-2-3-7(10)4-8(6)9-13-11-5-12-14-9/h2-5H,1H3/i10-1.